The molecule has 5 nitrogen and oxygen atoms in total. The number of alkyl halides is 1. The number of benzene rings is 1. The van der Waals surface area contributed by atoms with Crippen LogP contribution in [0.2, 0.25) is 0 Å². The monoisotopic (exact) mass is 214 g/mol. The van der Waals surface area contributed by atoms with E-state index in [1.165, 1.54) is 18.2 Å². The highest BCUT2D eigenvalue weighted by Gasteiger charge is 2.21. The molecular weight excluding hydrogens is 208 g/mol. The Bertz CT molecular complexity index is 392. The van der Waals surface area contributed by atoms with Crippen LogP contribution in [-0.4, -0.2) is 16.6 Å². The van der Waals surface area contributed by atoms with Crippen LogP contribution < -0.4 is 5.73 Å². The van der Waals surface area contributed by atoms with Crippen LogP contribution >= 0.6 is 11.6 Å². The van der Waals surface area contributed by atoms with Gasteiger partial charge in [-0.2, -0.15) is 0 Å². The number of nitro groups is 1. The molecule has 1 aromatic rings. The molecule has 0 saturated carbocycles. The quantitative estimate of drug-likeness (QED) is 0.272. The number of nitrogens with two attached hydrogens (primary N) is 1. The predicted molar refractivity (Wildman–Crippen MR) is 52.6 cm³/mol. The minimum atomic E-state index is -0.657. The van der Waals surface area contributed by atoms with Gasteiger partial charge in [-0.1, -0.05) is 6.07 Å². The van der Waals surface area contributed by atoms with Crippen molar-refractivity contribution in [2.24, 2.45) is 0 Å². The van der Waals surface area contributed by atoms with Crippen molar-refractivity contribution in [3.8, 4) is 0 Å². The van der Waals surface area contributed by atoms with E-state index in [4.69, 9.17) is 17.3 Å². The molecule has 1 rings (SSSR count). The van der Waals surface area contributed by atoms with Crippen LogP contribution in [0.1, 0.15) is 10.4 Å². The van der Waals surface area contributed by atoms with E-state index < -0.39 is 10.7 Å². The maximum Gasteiger partial charge on any atom is 0.282 e. The highest BCUT2D eigenvalue weighted by molar-refractivity contribution is 6.31. The van der Waals surface area contributed by atoms with Gasteiger partial charge in [-0.3, -0.25) is 14.9 Å². The average Bonchev–Trinajstić information content (AvgIpc) is 2.16. The molecule has 0 aromatic heterocycles. The Hall–Kier alpha value is -1.62. The van der Waals surface area contributed by atoms with Gasteiger partial charge in [-0.05, 0) is 6.07 Å². The maximum atomic E-state index is 11.2. The van der Waals surface area contributed by atoms with Crippen LogP contribution in [0.3, 0.4) is 0 Å². The lowest BCUT2D eigenvalue weighted by molar-refractivity contribution is -0.385. The Balaban J connectivity index is 3.36. The molecule has 0 spiro atoms. The van der Waals surface area contributed by atoms with Crippen LogP contribution in [0.5, 0.6) is 0 Å². The van der Waals surface area contributed by atoms with Crippen molar-refractivity contribution in [3.63, 3.8) is 0 Å². The lowest BCUT2D eigenvalue weighted by atomic mass is 10.1. The largest absolute Gasteiger partial charge is 0.398 e. The molecule has 0 unspecified atom stereocenters. The predicted octanol–water partition coefficient (Wildman–Crippen LogP) is 1.60. The second-order valence-electron chi connectivity index (χ2n) is 2.56. The van der Waals surface area contributed by atoms with Crippen LogP contribution in [-0.2, 0) is 0 Å². The minimum Gasteiger partial charge on any atom is -0.398 e. The van der Waals surface area contributed by atoms with Gasteiger partial charge in [0.05, 0.1) is 10.8 Å². The first-order valence-electron chi connectivity index (χ1n) is 3.70. The third-order valence-electron chi connectivity index (χ3n) is 1.67. The number of ketones is 1. The highest BCUT2D eigenvalue weighted by Crippen LogP contribution is 2.24. The Morgan fingerprint density at radius 1 is 1.57 bits per heavy atom. The summed E-state index contributed by atoms with van der Waals surface area (Å²) in [6.07, 6.45) is 0. The van der Waals surface area contributed by atoms with Crippen molar-refractivity contribution in [2.45, 2.75) is 0 Å². The first-order chi connectivity index (χ1) is 6.57. The van der Waals surface area contributed by atoms with Crippen LogP contribution in [0.4, 0.5) is 11.4 Å². The fourth-order valence-electron chi connectivity index (χ4n) is 1.08. The smallest absolute Gasteiger partial charge is 0.282 e. The molecule has 6 heteroatoms. The van der Waals surface area contributed by atoms with Gasteiger partial charge >= 0.3 is 0 Å². The summed E-state index contributed by atoms with van der Waals surface area (Å²) in [4.78, 5) is 21.1. The average molecular weight is 215 g/mol. The van der Waals surface area contributed by atoms with Crippen LogP contribution in [0.25, 0.3) is 0 Å². The van der Waals surface area contributed by atoms with E-state index in [9.17, 15) is 14.9 Å². The number of nitrogens with zero attached hydrogens (tertiary/aromatic N) is 1. The SMILES string of the molecule is Nc1cccc([N+](=O)[O-])c1C(=O)CCl. The summed E-state index contributed by atoms with van der Waals surface area (Å²) in [7, 11) is 0. The fourth-order valence-corrected chi connectivity index (χ4v) is 1.21. The number of nitrogen functional groups attached to an aromatic ring is 1. The number of anilines is 1. The summed E-state index contributed by atoms with van der Waals surface area (Å²) in [5.41, 5.74) is 5.10. The van der Waals surface area contributed by atoms with Gasteiger partial charge in [-0.25, -0.2) is 0 Å². The van der Waals surface area contributed by atoms with E-state index in [1.54, 1.807) is 0 Å². The molecule has 2 N–H and O–H groups in total. The Kier molecular flexibility index (Phi) is 3.03. The number of rotatable bonds is 3. The Morgan fingerprint density at radius 3 is 2.71 bits per heavy atom. The first-order valence-corrected chi connectivity index (χ1v) is 4.23. The van der Waals surface area contributed by atoms with E-state index in [1.807, 2.05) is 0 Å². The van der Waals surface area contributed by atoms with Crippen molar-refractivity contribution >= 4 is 28.8 Å². The van der Waals surface area contributed by atoms with Gasteiger partial charge in [0.25, 0.3) is 5.69 Å². The van der Waals surface area contributed by atoms with Crippen molar-refractivity contribution in [1.29, 1.82) is 0 Å². The normalized spacial score (nSPS) is 9.79. The topological polar surface area (TPSA) is 86.2 Å². The number of carbonyl (C=O) groups is 1. The van der Waals surface area contributed by atoms with Crippen LogP contribution in [0, 0.1) is 10.1 Å². The first kappa shape index (κ1) is 10.5. The highest BCUT2D eigenvalue weighted by atomic mass is 35.5. The summed E-state index contributed by atoms with van der Waals surface area (Å²) < 4.78 is 0. The molecule has 0 amide bonds. The third-order valence-corrected chi connectivity index (χ3v) is 1.91. The lowest BCUT2D eigenvalue weighted by Gasteiger charge is -2.02. The minimum absolute atomic E-state index is 0.0739. The number of carbonyl (C=O) groups excluding carboxylic acids is 1. The molecule has 0 aliphatic rings. The number of Topliss-reactive ketones (excluding diaryl/α,β-unsaturated/α-hetero) is 1. The second kappa shape index (κ2) is 4.06. The molecule has 0 bridgehead atoms. The van der Waals surface area contributed by atoms with Gasteiger partial charge in [0.2, 0.25) is 0 Å². The molecule has 0 heterocycles. The summed E-state index contributed by atoms with van der Waals surface area (Å²) in [5.74, 6) is -0.869. The summed E-state index contributed by atoms with van der Waals surface area (Å²) >= 11 is 5.31. The molecule has 1 aromatic carbocycles. The number of nitro benzene ring substituents is 1. The molecule has 0 radical (unpaired) electrons. The summed E-state index contributed by atoms with van der Waals surface area (Å²) in [6.45, 7) is 0. The second-order valence-corrected chi connectivity index (χ2v) is 2.82. The molecule has 74 valence electrons. The van der Waals surface area contributed by atoms with Crippen molar-refractivity contribution in [3.05, 3.63) is 33.9 Å². The molecule has 14 heavy (non-hydrogen) atoms. The zero-order valence-corrected chi connectivity index (χ0v) is 7.82. The van der Waals surface area contributed by atoms with Gasteiger partial charge in [0.15, 0.2) is 5.78 Å². The number of hydrogen-bond acceptors (Lipinski definition) is 4. The Morgan fingerprint density at radius 2 is 2.21 bits per heavy atom. The number of hydrogen-bond donors (Lipinski definition) is 1. The molecule has 0 atom stereocenters. The van der Waals surface area contributed by atoms with Gasteiger partial charge in [0.1, 0.15) is 5.56 Å². The molecule has 0 fully saturated rings. The zero-order valence-electron chi connectivity index (χ0n) is 7.07. The third kappa shape index (κ3) is 1.82. The Labute approximate surface area is 84.6 Å². The molecule has 0 aliphatic heterocycles. The standard InChI is InChI=1S/C8H7ClN2O3/c9-4-7(12)8-5(10)2-1-3-6(8)11(13)14/h1-3H,4,10H2. The van der Waals surface area contributed by atoms with E-state index in [0.29, 0.717) is 0 Å². The van der Waals surface area contributed by atoms with Crippen molar-refractivity contribution in [2.75, 3.05) is 11.6 Å². The molecule has 0 saturated heterocycles. The molecular formula is C8H7ClN2O3. The zero-order chi connectivity index (χ0) is 10.7. The number of halogens is 1. The van der Waals surface area contributed by atoms with E-state index >= 15 is 0 Å². The fraction of sp³-hybridized carbons (Fsp3) is 0.125. The molecule has 0 aliphatic carbocycles. The van der Waals surface area contributed by atoms with E-state index in [0.717, 1.165) is 0 Å². The van der Waals surface area contributed by atoms with E-state index in [-0.39, 0.29) is 22.8 Å². The van der Waals surface area contributed by atoms with E-state index in [2.05, 4.69) is 0 Å². The van der Waals surface area contributed by atoms with Gasteiger partial charge < -0.3 is 5.73 Å². The van der Waals surface area contributed by atoms with Crippen molar-refractivity contribution < 1.29 is 9.72 Å². The van der Waals surface area contributed by atoms with Crippen LogP contribution in [0.15, 0.2) is 18.2 Å². The van der Waals surface area contributed by atoms with Crippen molar-refractivity contribution in [1.82, 2.24) is 0 Å². The lowest BCUT2D eigenvalue weighted by Crippen LogP contribution is -2.08. The van der Waals surface area contributed by atoms with Gasteiger partial charge in [0, 0.05) is 11.8 Å². The summed E-state index contributed by atoms with van der Waals surface area (Å²) in [6, 6.07) is 4.06. The maximum absolute atomic E-state index is 11.2. The van der Waals surface area contributed by atoms with Gasteiger partial charge in [-0.15, -0.1) is 11.6 Å². The summed E-state index contributed by atoms with van der Waals surface area (Å²) in [5, 5.41) is 10.5.